The van der Waals surface area contributed by atoms with Gasteiger partial charge in [-0.25, -0.2) is 0 Å². The van der Waals surface area contributed by atoms with E-state index < -0.39 is 0 Å². The Morgan fingerprint density at radius 3 is 2.81 bits per heavy atom. The van der Waals surface area contributed by atoms with Crippen molar-refractivity contribution in [1.29, 1.82) is 0 Å². The fraction of sp³-hybridized carbons (Fsp3) is 0. The molecular weight excluding hydrogens is 394 g/mol. The molecule has 1 aliphatic rings. The zero-order valence-corrected chi connectivity index (χ0v) is 14.3. The van der Waals surface area contributed by atoms with Crippen LogP contribution in [0.25, 0.3) is 17.4 Å². The van der Waals surface area contributed by atoms with E-state index in [1.165, 1.54) is 11.8 Å². The van der Waals surface area contributed by atoms with Gasteiger partial charge in [0.15, 0.2) is 0 Å². The second kappa shape index (κ2) is 5.96. The van der Waals surface area contributed by atoms with E-state index in [-0.39, 0.29) is 5.91 Å². The molecule has 0 spiro atoms. The minimum atomic E-state index is -0.199. The molecule has 0 radical (unpaired) electrons. The average molecular weight is 401 g/mol. The van der Waals surface area contributed by atoms with Crippen LogP contribution in [0, 0.1) is 0 Å². The predicted octanol–water partition coefficient (Wildman–Crippen LogP) is 4.85. The van der Waals surface area contributed by atoms with E-state index in [2.05, 4.69) is 21.2 Å². The Hall–Kier alpha value is -1.08. The highest BCUT2D eigenvalue weighted by atomic mass is 79.9. The molecule has 1 aliphatic heterocycles. The van der Waals surface area contributed by atoms with Gasteiger partial charge in [-0.2, -0.15) is 0 Å². The van der Waals surface area contributed by atoms with Crippen molar-refractivity contribution in [3.63, 3.8) is 0 Å². The Kier molecular flexibility index (Phi) is 4.21. The van der Waals surface area contributed by atoms with Gasteiger partial charge in [0, 0.05) is 16.1 Å². The Labute approximate surface area is 143 Å². The van der Waals surface area contributed by atoms with Crippen LogP contribution in [0.5, 0.6) is 0 Å². The number of furan rings is 1. The zero-order valence-electron chi connectivity index (χ0n) is 10.4. The van der Waals surface area contributed by atoms with Crippen molar-refractivity contribution in [2.24, 2.45) is 0 Å². The smallest absolute Gasteiger partial charge is 0.263 e. The number of rotatable bonds is 2. The van der Waals surface area contributed by atoms with Crippen molar-refractivity contribution in [3.05, 3.63) is 50.5 Å². The summed E-state index contributed by atoms with van der Waals surface area (Å²) in [6.07, 6.45) is 1.67. The van der Waals surface area contributed by atoms with Crippen LogP contribution in [0.3, 0.4) is 0 Å². The first-order valence-electron chi connectivity index (χ1n) is 5.83. The molecule has 1 fully saturated rings. The summed E-state index contributed by atoms with van der Waals surface area (Å²) < 4.78 is 7.01. The summed E-state index contributed by atoms with van der Waals surface area (Å²) in [5.74, 6) is 1.07. The fourth-order valence-electron chi connectivity index (χ4n) is 1.79. The standard InChI is InChI=1S/C14H7BrClNO2S2/c15-9-3-1-7(5-10(9)16)11-4-2-8(19-11)6-12-13(18)17-14(20)21-12/h1-6H,(H,17,18,20). The van der Waals surface area contributed by atoms with Crippen molar-refractivity contribution >= 4 is 67.8 Å². The number of halogens is 2. The highest BCUT2D eigenvalue weighted by molar-refractivity contribution is 9.10. The number of carbonyl (C=O) groups is 1. The zero-order chi connectivity index (χ0) is 15.0. The van der Waals surface area contributed by atoms with Crippen LogP contribution in [0.1, 0.15) is 5.76 Å². The molecule has 2 heterocycles. The first kappa shape index (κ1) is 14.8. The normalized spacial score (nSPS) is 16.6. The molecule has 3 rings (SSSR count). The van der Waals surface area contributed by atoms with Crippen molar-refractivity contribution in [3.8, 4) is 11.3 Å². The molecule has 3 nitrogen and oxygen atoms in total. The van der Waals surface area contributed by atoms with Crippen LogP contribution in [0.2, 0.25) is 5.02 Å². The molecule has 0 unspecified atom stereocenters. The quantitative estimate of drug-likeness (QED) is 0.578. The number of carbonyl (C=O) groups excluding carboxylic acids is 1. The van der Waals surface area contributed by atoms with Crippen LogP contribution in [0.15, 0.2) is 44.1 Å². The van der Waals surface area contributed by atoms with Gasteiger partial charge in [-0.05, 0) is 40.2 Å². The summed E-state index contributed by atoms with van der Waals surface area (Å²) >= 11 is 15.6. The number of hydrogen-bond donors (Lipinski definition) is 1. The summed E-state index contributed by atoms with van der Waals surface area (Å²) in [5.41, 5.74) is 0.867. The first-order chi connectivity index (χ1) is 10.0. The van der Waals surface area contributed by atoms with Crippen molar-refractivity contribution in [2.45, 2.75) is 0 Å². The molecule has 1 aromatic heterocycles. The maximum Gasteiger partial charge on any atom is 0.263 e. The van der Waals surface area contributed by atoms with Gasteiger partial charge >= 0.3 is 0 Å². The average Bonchev–Trinajstić information content (AvgIpc) is 3.01. The third-order valence-corrected chi connectivity index (χ3v) is 5.14. The molecule has 1 N–H and O–H groups in total. The summed E-state index contributed by atoms with van der Waals surface area (Å²) in [6, 6.07) is 9.21. The lowest BCUT2D eigenvalue weighted by Gasteiger charge is -1.99. The lowest BCUT2D eigenvalue weighted by Crippen LogP contribution is -2.17. The van der Waals surface area contributed by atoms with Crippen molar-refractivity contribution < 1.29 is 9.21 Å². The second-order valence-electron chi connectivity index (χ2n) is 4.18. The maximum atomic E-state index is 11.6. The van der Waals surface area contributed by atoms with Crippen molar-refractivity contribution in [2.75, 3.05) is 0 Å². The highest BCUT2D eigenvalue weighted by Gasteiger charge is 2.22. The number of amides is 1. The van der Waals surface area contributed by atoms with Crippen LogP contribution in [0.4, 0.5) is 0 Å². The first-order valence-corrected chi connectivity index (χ1v) is 8.22. The summed E-state index contributed by atoms with van der Waals surface area (Å²) in [7, 11) is 0. The van der Waals surface area contributed by atoms with E-state index in [1.54, 1.807) is 12.1 Å². The minimum absolute atomic E-state index is 0.199. The van der Waals surface area contributed by atoms with Gasteiger partial charge in [0.25, 0.3) is 5.91 Å². The van der Waals surface area contributed by atoms with Gasteiger partial charge in [-0.3, -0.25) is 4.79 Å². The second-order valence-corrected chi connectivity index (χ2v) is 7.16. The largest absolute Gasteiger partial charge is 0.457 e. The van der Waals surface area contributed by atoms with Crippen LogP contribution in [-0.2, 0) is 4.79 Å². The fourth-order valence-corrected chi connectivity index (χ4v) is 3.24. The predicted molar refractivity (Wildman–Crippen MR) is 93.2 cm³/mol. The monoisotopic (exact) mass is 399 g/mol. The number of benzene rings is 1. The number of thioether (sulfide) groups is 1. The van der Waals surface area contributed by atoms with Gasteiger partial charge in [0.1, 0.15) is 15.8 Å². The van der Waals surface area contributed by atoms with Crippen LogP contribution in [-0.4, -0.2) is 10.2 Å². The van der Waals surface area contributed by atoms with E-state index >= 15 is 0 Å². The lowest BCUT2D eigenvalue weighted by molar-refractivity contribution is -0.115. The third kappa shape index (κ3) is 3.23. The van der Waals surface area contributed by atoms with Gasteiger partial charge in [-0.1, -0.05) is 41.6 Å². The van der Waals surface area contributed by atoms with E-state index in [4.69, 9.17) is 28.2 Å². The Balaban J connectivity index is 1.90. The molecule has 1 amide bonds. The number of nitrogens with one attached hydrogen (secondary N) is 1. The maximum absolute atomic E-state index is 11.6. The molecule has 0 bridgehead atoms. The summed E-state index contributed by atoms with van der Waals surface area (Å²) in [5, 5.41) is 3.17. The van der Waals surface area contributed by atoms with Gasteiger partial charge in [0.05, 0.1) is 9.93 Å². The Morgan fingerprint density at radius 1 is 1.33 bits per heavy atom. The Bertz CT molecular complexity index is 785. The molecule has 2 aromatic rings. The molecular formula is C14H7BrClNO2S2. The molecule has 7 heteroatoms. The molecule has 21 heavy (non-hydrogen) atoms. The van der Waals surface area contributed by atoms with Crippen LogP contribution < -0.4 is 5.32 Å². The summed E-state index contributed by atoms with van der Waals surface area (Å²) in [4.78, 5) is 12.1. The van der Waals surface area contributed by atoms with Crippen molar-refractivity contribution in [1.82, 2.24) is 5.32 Å². The van der Waals surface area contributed by atoms with Crippen LogP contribution >= 0.6 is 51.5 Å². The number of hydrogen-bond acceptors (Lipinski definition) is 4. The number of thiocarbonyl (C=S) groups is 1. The molecule has 0 atom stereocenters. The molecule has 0 aliphatic carbocycles. The van der Waals surface area contributed by atoms with E-state index in [9.17, 15) is 4.79 Å². The minimum Gasteiger partial charge on any atom is -0.457 e. The third-order valence-electron chi connectivity index (χ3n) is 2.75. The SMILES string of the molecule is O=C1NC(=S)SC1=Cc1ccc(-c2ccc(Br)c(Cl)c2)o1. The molecule has 1 saturated heterocycles. The Morgan fingerprint density at radius 2 is 2.14 bits per heavy atom. The lowest BCUT2D eigenvalue weighted by atomic mass is 10.2. The van der Waals surface area contributed by atoms with Gasteiger partial charge < -0.3 is 9.73 Å². The molecule has 106 valence electrons. The molecule has 0 saturated carbocycles. The topological polar surface area (TPSA) is 42.2 Å². The summed E-state index contributed by atoms with van der Waals surface area (Å²) in [6.45, 7) is 0. The highest BCUT2D eigenvalue weighted by Crippen LogP contribution is 2.31. The van der Waals surface area contributed by atoms with E-state index in [0.29, 0.717) is 25.8 Å². The van der Waals surface area contributed by atoms with Gasteiger partial charge in [-0.15, -0.1) is 0 Å². The van der Waals surface area contributed by atoms with E-state index in [1.807, 2.05) is 24.3 Å². The molecule has 1 aromatic carbocycles. The van der Waals surface area contributed by atoms with E-state index in [0.717, 1.165) is 10.0 Å². The van der Waals surface area contributed by atoms with Gasteiger partial charge in [0.2, 0.25) is 0 Å².